The van der Waals surface area contributed by atoms with E-state index in [1.807, 2.05) is 0 Å². The first kappa shape index (κ1) is 17.6. The van der Waals surface area contributed by atoms with Gasteiger partial charge in [-0.2, -0.15) is 0 Å². The van der Waals surface area contributed by atoms with Gasteiger partial charge < -0.3 is 15.8 Å². The molecule has 0 radical (unpaired) electrons. The van der Waals surface area contributed by atoms with E-state index in [1.165, 1.54) is 18.6 Å². The molecule has 1 aromatic carbocycles. The number of nitrogens with one attached hydrogen (secondary N) is 1. The Morgan fingerprint density at radius 2 is 2.09 bits per heavy atom. The first-order chi connectivity index (χ1) is 10.9. The first-order valence-electron chi connectivity index (χ1n) is 7.90. The van der Waals surface area contributed by atoms with Crippen molar-refractivity contribution in [3.63, 3.8) is 0 Å². The minimum atomic E-state index is -0.626. The Kier molecular flexibility index (Phi) is 5.88. The average Bonchev–Trinajstić information content (AvgIpc) is 2.49. The van der Waals surface area contributed by atoms with Crippen LogP contribution in [-0.2, 0) is 9.53 Å². The lowest BCUT2D eigenvalue weighted by atomic mass is 9.78. The molecule has 3 atom stereocenters. The summed E-state index contributed by atoms with van der Waals surface area (Å²) in [6.45, 7) is 4.04. The maximum atomic E-state index is 12.0. The van der Waals surface area contributed by atoms with Crippen molar-refractivity contribution in [3.05, 3.63) is 28.8 Å². The fraction of sp³-hybridized carbons (Fsp3) is 0.529. The van der Waals surface area contributed by atoms with Gasteiger partial charge in [0.1, 0.15) is 0 Å². The molecule has 126 valence electrons. The molecule has 1 amide bonds. The number of hydrogen-bond acceptors (Lipinski definition) is 4. The SMILES string of the molecule is C[C@@H]1[C@@H](C)CCC[C@H]1NC(=O)COC(=O)c1ccc(Cl)cc1N. The highest BCUT2D eigenvalue weighted by atomic mass is 35.5. The number of anilines is 1. The van der Waals surface area contributed by atoms with Crippen molar-refractivity contribution in [2.45, 2.75) is 39.2 Å². The van der Waals surface area contributed by atoms with Crippen LogP contribution < -0.4 is 11.1 Å². The molecule has 2 rings (SSSR count). The van der Waals surface area contributed by atoms with Crippen LogP contribution in [0, 0.1) is 11.8 Å². The van der Waals surface area contributed by atoms with E-state index in [-0.39, 0.29) is 29.8 Å². The molecule has 6 heteroatoms. The number of hydrogen-bond donors (Lipinski definition) is 2. The third kappa shape index (κ3) is 4.61. The predicted molar refractivity (Wildman–Crippen MR) is 90.3 cm³/mol. The highest BCUT2D eigenvalue weighted by Crippen LogP contribution is 2.29. The molecule has 0 aliphatic heterocycles. The van der Waals surface area contributed by atoms with Crippen molar-refractivity contribution >= 4 is 29.2 Å². The van der Waals surface area contributed by atoms with Gasteiger partial charge in [0, 0.05) is 16.8 Å². The number of halogens is 1. The van der Waals surface area contributed by atoms with Gasteiger partial charge in [-0.15, -0.1) is 0 Å². The Hall–Kier alpha value is -1.75. The maximum Gasteiger partial charge on any atom is 0.340 e. The van der Waals surface area contributed by atoms with Crippen LogP contribution in [0.15, 0.2) is 18.2 Å². The van der Waals surface area contributed by atoms with Gasteiger partial charge in [0.25, 0.3) is 5.91 Å². The van der Waals surface area contributed by atoms with Gasteiger partial charge >= 0.3 is 5.97 Å². The number of carbonyl (C=O) groups excluding carboxylic acids is 2. The third-order valence-electron chi connectivity index (χ3n) is 4.62. The van der Waals surface area contributed by atoms with Crippen LogP contribution >= 0.6 is 11.6 Å². The third-order valence-corrected chi connectivity index (χ3v) is 4.86. The van der Waals surface area contributed by atoms with E-state index < -0.39 is 5.97 Å². The van der Waals surface area contributed by atoms with E-state index in [2.05, 4.69) is 19.2 Å². The van der Waals surface area contributed by atoms with Crippen LogP contribution in [-0.4, -0.2) is 24.5 Å². The zero-order valence-corrected chi connectivity index (χ0v) is 14.2. The smallest absolute Gasteiger partial charge is 0.340 e. The number of nitrogens with two attached hydrogens (primary N) is 1. The van der Waals surface area contributed by atoms with E-state index >= 15 is 0 Å². The van der Waals surface area contributed by atoms with Gasteiger partial charge in [0.05, 0.1) is 5.56 Å². The van der Waals surface area contributed by atoms with Crippen LogP contribution in [0.4, 0.5) is 5.69 Å². The molecule has 3 N–H and O–H groups in total. The number of rotatable bonds is 4. The van der Waals surface area contributed by atoms with Crippen molar-refractivity contribution < 1.29 is 14.3 Å². The van der Waals surface area contributed by atoms with Gasteiger partial charge in [-0.25, -0.2) is 4.79 Å². The molecule has 0 spiro atoms. The molecule has 1 fully saturated rings. The molecule has 1 aliphatic rings. The van der Waals surface area contributed by atoms with Crippen LogP contribution in [0.2, 0.25) is 5.02 Å². The predicted octanol–water partition coefficient (Wildman–Crippen LogP) is 3.02. The second kappa shape index (κ2) is 7.68. The minimum Gasteiger partial charge on any atom is -0.452 e. The topological polar surface area (TPSA) is 81.4 Å². The van der Waals surface area contributed by atoms with E-state index in [4.69, 9.17) is 22.1 Å². The number of amides is 1. The molecular weight excluding hydrogens is 316 g/mol. The maximum absolute atomic E-state index is 12.0. The standard InChI is InChI=1S/C17H23ClN2O3/c1-10-4-3-5-15(11(10)2)20-16(21)9-23-17(22)13-7-6-12(18)8-14(13)19/h6-8,10-11,15H,3-5,9,19H2,1-2H3,(H,20,21)/t10-,11+,15+/m0/s1. The lowest BCUT2D eigenvalue weighted by Crippen LogP contribution is -2.45. The molecule has 1 aromatic rings. The van der Waals surface area contributed by atoms with Crippen LogP contribution in [0.5, 0.6) is 0 Å². The molecule has 0 heterocycles. The molecular formula is C17H23ClN2O3. The lowest BCUT2D eigenvalue weighted by Gasteiger charge is -2.34. The monoisotopic (exact) mass is 338 g/mol. The van der Waals surface area contributed by atoms with Gasteiger partial charge in [0.2, 0.25) is 0 Å². The molecule has 23 heavy (non-hydrogen) atoms. The molecule has 0 unspecified atom stereocenters. The highest BCUT2D eigenvalue weighted by Gasteiger charge is 2.28. The fourth-order valence-electron chi connectivity index (χ4n) is 2.96. The van der Waals surface area contributed by atoms with Crippen LogP contribution in [0.3, 0.4) is 0 Å². The molecule has 0 aromatic heterocycles. The summed E-state index contributed by atoms with van der Waals surface area (Å²) >= 11 is 5.79. The highest BCUT2D eigenvalue weighted by molar-refractivity contribution is 6.31. The van der Waals surface area contributed by atoms with E-state index in [1.54, 1.807) is 6.07 Å². The van der Waals surface area contributed by atoms with Gasteiger partial charge in [0.15, 0.2) is 6.61 Å². The van der Waals surface area contributed by atoms with E-state index in [0.29, 0.717) is 16.9 Å². The zero-order valence-electron chi connectivity index (χ0n) is 13.5. The Labute approximate surface area is 141 Å². The minimum absolute atomic E-state index is 0.144. The molecule has 0 saturated heterocycles. The number of ether oxygens (including phenoxy) is 1. The lowest BCUT2D eigenvalue weighted by molar-refractivity contribution is -0.125. The molecule has 1 aliphatic carbocycles. The van der Waals surface area contributed by atoms with E-state index in [9.17, 15) is 9.59 Å². The van der Waals surface area contributed by atoms with Gasteiger partial charge in [-0.1, -0.05) is 38.3 Å². The quantitative estimate of drug-likeness (QED) is 0.653. The largest absolute Gasteiger partial charge is 0.452 e. The molecule has 0 bridgehead atoms. The Morgan fingerprint density at radius 1 is 1.35 bits per heavy atom. The van der Waals surface area contributed by atoms with Gasteiger partial charge in [-0.05, 0) is 36.5 Å². The number of carbonyl (C=O) groups is 2. The van der Waals surface area contributed by atoms with Crippen molar-refractivity contribution in [2.75, 3.05) is 12.3 Å². The summed E-state index contributed by atoms with van der Waals surface area (Å²) in [6, 6.07) is 4.66. The Bertz CT molecular complexity index is 591. The second-order valence-electron chi connectivity index (χ2n) is 6.25. The normalized spacial score (nSPS) is 24.0. The molecule has 5 nitrogen and oxygen atoms in total. The van der Waals surface area contributed by atoms with Crippen molar-refractivity contribution in [1.29, 1.82) is 0 Å². The second-order valence-corrected chi connectivity index (χ2v) is 6.69. The van der Waals surface area contributed by atoms with Crippen molar-refractivity contribution in [1.82, 2.24) is 5.32 Å². The summed E-state index contributed by atoms with van der Waals surface area (Å²) in [6.07, 6.45) is 3.27. The van der Waals surface area contributed by atoms with Crippen LogP contribution in [0.1, 0.15) is 43.5 Å². The fourth-order valence-corrected chi connectivity index (χ4v) is 3.14. The molecule has 1 saturated carbocycles. The Balaban J connectivity index is 1.85. The first-order valence-corrected chi connectivity index (χ1v) is 8.27. The Morgan fingerprint density at radius 3 is 2.78 bits per heavy atom. The zero-order chi connectivity index (χ0) is 17.0. The number of benzene rings is 1. The summed E-state index contributed by atoms with van der Waals surface area (Å²) in [5, 5.41) is 3.40. The summed E-state index contributed by atoms with van der Waals surface area (Å²) in [5.74, 6) is 0.108. The van der Waals surface area contributed by atoms with Crippen molar-refractivity contribution in [2.24, 2.45) is 11.8 Å². The number of esters is 1. The van der Waals surface area contributed by atoms with Crippen molar-refractivity contribution in [3.8, 4) is 0 Å². The summed E-state index contributed by atoms with van der Waals surface area (Å²) in [5.41, 5.74) is 6.17. The summed E-state index contributed by atoms with van der Waals surface area (Å²) in [7, 11) is 0. The van der Waals surface area contributed by atoms with Crippen LogP contribution in [0.25, 0.3) is 0 Å². The average molecular weight is 339 g/mol. The van der Waals surface area contributed by atoms with E-state index in [0.717, 1.165) is 12.8 Å². The summed E-state index contributed by atoms with van der Waals surface area (Å²) in [4.78, 5) is 24.0. The number of nitrogen functional groups attached to an aromatic ring is 1. The summed E-state index contributed by atoms with van der Waals surface area (Å²) < 4.78 is 5.04. The van der Waals surface area contributed by atoms with Gasteiger partial charge in [-0.3, -0.25) is 4.79 Å².